The number of nitrogens with one attached hydrogen (secondary N) is 1. The van der Waals surface area contributed by atoms with Gasteiger partial charge in [-0.15, -0.1) is 0 Å². The highest BCUT2D eigenvalue weighted by Gasteiger charge is 2.38. The fourth-order valence-corrected chi connectivity index (χ4v) is 5.07. The Balaban J connectivity index is 1.21. The third-order valence-electron chi connectivity index (χ3n) is 7.04. The highest BCUT2D eigenvalue weighted by atomic mass is 16.2. The number of hydrogen-bond donors (Lipinski definition) is 1. The summed E-state index contributed by atoms with van der Waals surface area (Å²) in [6, 6.07) is 9.88. The second-order valence-electron chi connectivity index (χ2n) is 10.2. The Hall–Kier alpha value is -2.89. The maximum absolute atomic E-state index is 13.0. The van der Waals surface area contributed by atoms with E-state index in [4.69, 9.17) is 4.98 Å². The summed E-state index contributed by atoms with van der Waals surface area (Å²) in [6.45, 7) is 9.17. The van der Waals surface area contributed by atoms with E-state index in [2.05, 4.69) is 23.2 Å². The molecule has 3 fully saturated rings. The van der Waals surface area contributed by atoms with Crippen molar-refractivity contribution in [3.05, 3.63) is 58.8 Å². The molecule has 2 saturated heterocycles. The molecule has 0 bridgehead atoms. The number of carbonyl (C=O) groups is 2. The number of anilines is 1. The summed E-state index contributed by atoms with van der Waals surface area (Å²) in [4.78, 5) is 34.3. The standard InChI is InChI=1S/C26H32N4O2/c1-17-14-21(18-4-5-18)16-27-23(17)29-10-12-30(13-11-29)25(32)20-8-6-19(7-9-20)22-15-26(2,3)28-24(22)31/h6-9,14,16,18,22H,4-5,10-13,15H2,1-3H3,(H,28,31). The third kappa shape index (κ3) is 4.10. The van der Waals surface area contributed by atoms with Gasteiger partial charge in [0.25, 0.3) is 5.91 Å². The van der Waals surface area contributed by atoms with E-state index in [1.807, 2.05) is 49.2 Å². The Kier molecular flexibility index (Phi) is 5.19. The molecular formula is C26H32N4O2. The monoisotopic (exact) mass is 432 g/mol. The van der Waals surface area contributed by atoms with Crippen LogP contribution in [0.15, 0.2) is 36.5 Å². The van der Waals surface area contributed by atoms with Crippen LogP contribution in [0.1, 0.15) is 72.0 Å². The molecular weight excluding hydrogens is 400 g/mol. The zero-order chi connectivity index (χ0) is 22.5. The van der Waals surface area contributed by atoms with Crippen LogP contribution in [0.2, 0.25) is 0 Å². The van der Waals surface area contributed by atoms with E-state index >= 15 is 0 Å². The highest BCUT2D eigenvalue weighted by molar-refractivity contribution is 5.95. The number of rotatable bonds is 4. The molecule has 2 amide bonds. The lowest BCUT2D eigenvalue weighted by molar-refractivity contribution is -0.120. The van der Waals surface area contributed by atoms with Crippen molar-refractivity contribution in [3.8, 4) is 0 Å². The molecule has 0 radical (unpaired) electrons. The van der Waals surface area contributed by atoms with Crippen molar-refractivity contribution in [1.29, 1.82) is 0 Å². The van der Waals surface area contributed by atoms with Gasteiger partial charge < -0.3 is 15.1 Å². The van der Waals surface area contributed by atoms with Crippen LogP contribution < -0.4 is 10.2 Å². The van der Waals surface area contributed by atoms with Crippen molar-refractivity contribution in [3.63, 3.8) is 0 Å². The third-order valence-corrected chi connectivity index (χ3v) is 7.04. The number of amides is 2. The smallest absolute Gasteiger partial charge is 0.253 e. The van der Waals surface area contributed by atoms with Crippen LogP contribution in [-0.4, -0.2) is 53.4 Å². The largest absolute Gasteiger partial charge is 0.353 e. The van der Waals surface area contributed by atoms with E-state index in [9.17, 15) is 9.59 Å². The Morgan fingerprint density at radius 3 is 2.31 bits per heavy atom. The molecule has 1 saturated carbocycles. The SMILES string of the molecule is Cc1cc(C2CC2)cnc1N1CCN(C(=O)c2ccc(C3CC(C)(C)NC3=O)cc2)CC1. The molecule has 2 aromatic rings. The first-order chi connectivity index (χ1) is 15.3. The van der Waals surface area contributed by atoms with E-state index in [1.54, 1.807) is 0 Å². The predicted molar refractivity (Wildman–Crippen MR) is 125 cm³/mol. The lowest BCUT2D eigenvalue weighted by Crippen LogP contribution is -2.49. The molecule has 1 aromatic carbocycles. The maximum atomic E-state index is 13.0. The van der Waals surface area contributed by atoms with Crippen LogP contribution in [0.5, 0.6) is 0 Å². The summed E-state index contributed by atoms with van der Waals surface area (Å²) in [5.41, 5.74) is 4.07. The van der Waals surface area contributed by atoms with Gasteiger partial charge in [0.15, 0.2) is 0 Å². The number of nitrogens with zero attached hydrogens (tertiary/aromatic N) is 3. The zero-order valence-electron chi connectivity index (χ0n) is 19.2. The summed E-state index contributed by atoms with van der Waals surface area (Å²) >= 11 is 0. The summed E-state index contributed by atoms with van der Waals surface area (Å²) in [5, 5.41) is 3.04. The minimum atomic E-state index is -0.179. The average molecular weight is 433 g/mol. The van der Waals surface area contributed by atoms with E-state index < -0.39 is 0 Å². The molecule has 32 heavy (non-hydrogen) atoms. The Morgan fingerprint density at radius 1 is 1.06 bits per heavy atom. The first-order valence-electron chi connectivity index (χ1n) is 11.7. The van der Waals surface area contributed by atoms with Crippen LogP contribution in [-0.2, 0) is 4.79 Å². The molecule has 1 aromatic heterocycles. The summed E-state index contributed by atoms with van der Waals surface area (Å²) in [5.74, 6) is 1.74. The van der Waals surface area contributed by atoms with Crippen LogP contribution in [0.3, 0.4) is 0 Å². The number of aromatic nitrogens is 1. The summed E-state index contributed by atoms with van der Waals surface area (Å²) in [7, 11) is 0. The summed E-state index contributed by atoms with van der Waals surface area (Å²) in [6.07, 6.45) is 5.38. The van der Waals surface area contributed by atoms with Crippen molar-refractivity contribution in [1.82, 2.24) is 15.2 Å². The molecule has 1 atom stereocenters. The predicted octanol–water partition coefficient (Wildman–Crippen LogP) is 3.61. The van der Waals surface area contributed by atoms with Gasteiger partial charge in [-0.2, -0.15) is 0 Å². The summed E-state index contributed by atoms with van der Waals surface area (Å²) < 4.78 is 0. The fourth-order valence-electron chi connectivity index (χ4n) is 5.07. The van der Waals surface area contributed by atoms with Gasteiger partial charge in [-0.25, -0.2) is 4.98 Å². The fraction of sp³-hybridized carbons (Fsp3) is 0.500. The van der Waals surface area contributed by atoms with Gasteiger partial charge in [-0.3, -0.25) is 9.59 Å². The van der Waals surface area contributed by atoms with Gasteiger partial charge in [-0.1, -0.05) is 18.2 Å². The quantitative estimate of drug-likeness (QED) is 0.802. The molecule has 5 rings (SSSR count). The molecule has 168 valence electrons. The van der Waals surface area contributed by atoms with Crippen LogP contribution >= 0.6 is 0 Å². The minimum absolute atomic E-state index is 0.0566. The molecule has 1 aliphatic carbocycles. The van der Waals surface area contributed by atoms with E-state index in [1.165, 1.54) is 24.0 Å². The molecule has 1 N–H and O–H groups in total. The molecule has 3 aliphatic rings. The number of carbonyl (C=O) groups excluding carboxylic acids is 2. The van der Waals surface area contributed by atoms with Crippen molar-refractivity contribution in [2.45, 2.75) is 57.4 Å². The van der Waals surface area contributed by atoms with Crippen molar-refractivity contribution >= 4 is 17.6 Å². The van der Waals surface area contributed by atoms with Gasteiger partial charge in [0.2, 0.25) is 5.91 Å². The Labute approximate surface area is 190 Å². The van der Waals surface area contributed by atoms with Gasteiger partial charge in [-0.05, 0) is 74.8 Å². The molecule has 6 nitrogen and oxygen atoms in total. The van der Waals surface area contributed by atoms with Gasteiger partial charge >= 0.3 is 0 Å². The van der Waals surface area contributed by atoms with Gasteiger partial charge in [0.1, 0.15) is 5.82 Å². The van der Waals surface area contributed by atoms with Gasteiger partial charge in [0.05, 0.1) is 5.92 Å². The highest BCUT2D eigenvalue weighted by Crippen LogP contribution is 2.40. The minimum Gasteiger partial charge on any atom is -0.353 e. The number of benzene rings is 1. The van der Waals surface area contributed by atoms with Gasteiger partial charge in [0, 0.05) is 43.5 Å². The number of piperazine rings is 1. The lowest BCUT2D eigenvalue weighted by atomic mass is 9.90. The van der Waals surface area contributed by atoms with E-state index in [0.29, 0.717) is 24.6 Å². The molecule has 2 aliphatic heterocycles. The van der Waals surface area contributed by atoms with Crippen molar-refractivity contribution < 1.29 is 9.59 Å². The van der Waals surface area contributed by atoms with E-state index in [-0.39, 0.29) is 23.3 Å². The van der Waals surface area contributed by atoms with Crippen LogP contribution in [0.4, 0.5) is 5.82 Å². The molecule has 0 spiro atoms. The normalized spacial score (nSPS) is 22.7. The average Bonchev–Trinajstić information content (AvgIpc) is 3.58. The number of aryl methyl sites for hydroxylation is 1. The van der Waals surface area contributed by atoms with E-state index in [0.717, 1.165) is 30.9 Å². The first-order valence-corrected chi connectivity index (χ1v) is 11.7. The topological polar surface area (TPSA) is 65.5 Å². The number of pyridine rings is 1. The lowest BCUT2D eigenvalue weighted by Gasteiger charge is -2.36. The van der Waals surface area contributed by atoms with Crippen molar-refractivity contribution in [2.75, 3.05) is 31.1 Å². The first kappa shape index (κ1) is 21.0. The Bertz CT molecular complexity index is 1030. The Morgan fingerprint density at radius 2 is 1.75 bits per heavy atom. The molecule has 1 unspecified atom stereocenters. The maximum Gasteiger partial charge on any atom is 0.253 e. The molecule has 6 heteroatoms. The second-order valence-corrected chi connectivity index (χ2v) is 10.2. The number of hydrogen-bond acceptors (Lipinski definition) is 4. The van der Waals surface area contributed by atoms with Crippen LogP contribution in [0, 0.1) is 6.92 Å². The van der Waals surface area contributed by atoms with Crippen molar-refractivity contribution in [2.24, 2.45) is 0 Å². The molecule has 3 heterocycles. The van der Waals surface area contributed by atoms with Crippen LogP contribution in [0.25, 0.3) is 0 Å². The zero-order valence-corrected chi connectivity index (χ0v) is 19.2. The second kappa shape index (κ2) is 7.91.